The number of hydrogen-bond donors (Lipinski definition) is 2. The van der Waals surface area contributed by atoms with Gasteiger partial charge in [-0.2, -0.15) is 0 Å². The fourth-order valence-electron chi connectivity index (χ4n) is 1.66. The Hall–Kier alpha value is -1.48. The van der Waals surface area contributed by atoms with Crippen LogP contribution in [-0.4, -0.2) is 12.1 Å². The third-order valence-electron chi connectivity index (χ3n) is 2.28. The van der Waals surface area contributed by atoms with E-state index >= 15 is 0 Å². The van der Waals surface area contributed by atoms with E-state index in [9.17, 15) is 0 Å². The molecule has 1 heterocycles. The molecule has 102 valence electrons. The van der Waals surface area contributed by atoms with Gasteiger partial charge < -0.3 is 10.2 Å². The molecule has 0 fully saturated rings. The summed E-state index contributed by atoms with van der Waals surface area (Å²) in [5.41, 5.74) is 8.26. The van der Waals surface area contributed by atoms with Gasteiger partial charge in [0, 0.05) is 19.7 Å². The van der Waals surface area contributed by atoms with Crippen LogP contribution in [0.4, 0.5) is 0 Å². The zero-order valence-corrected chi connectivity index (χ0v) is 12.0. The molecule has 0 saturated carbocycles. The normalized spacial score (nSPS) is 14.2. The first-order valence-electron chi connectivity index (χ1n) is 6.52. The molecule has 2 N–H and O–H groups in total. The Morgan fingerprint density at radius 1 is 1.17 bits per heavy atom. The van der Waals surface area contributed by atoms with Crippen LogP contribution in [0.25, 0.3) is 5.57 Å². The maximum atomic E-state index is 5.95. The van der Waals surface area contributed by atoms with Crippen molar-refractivity contribution in [2.45, 2.75) is 40.2 Å². The van der Waals surface area contributed by atoms with E-state index < -0.39 is 0 Å². The Labute approximate surface area is 112 Å². The van der Waals surface area contributed by atoms with Crippen LogP contribution < -0.4 is 15.6 Å². The van der Waals surface area contributed by atoms with Gasteiger partial charge in [-0.25, -0.2) is 5.43 Å². The summed E-state index contributed by atoms with van der Waals surface area (Å²) in [7, 11) is 0. The Balaban J connectivity index is 0.00000103. The van der Waals surface area contributed by atoms with E-state index in [-0.39, 0.29) is 7.03 Å². The summed E-state index contributed by atoms with van der Waals surface area (Å²) in [5, 5.41) is 0. The number of nitrogens with one attached hydrogen (secondary N) is 2. The Kier molecular flexibility index (Phi) is 5.23. The summed E-state index contributed by atoms with van der Waals surface area (Å²) in [6.07, 6.45) is 1.98. The largest absolute Gasteiger partial charge is 0.488 e. The molecule has 1 aliphatic heterocycles. The smallest absolute Gasteiger partial charge is 0.127 e. The van der Waals surface area contributed by atoms with Crippen molar-refractivity contribution in [2.24, 2.45) is 0 Å². The molecule has 0 radical (unpaired) electrons. The highest BCUT2D eigenvalue weighted by Crippen LogP contribution is 2.28. The van der Waals surface area contributed by atoms with Crippen LogP contribution in [-0.2, 0) is 0 Å². The minimum absolute atomic E-state index is 0. The van der Waals surface area contributed by atoms with Gasteiger partial charge in [-0.1, -0.05) is 32.0 Å². The fraction of sp³-hybridized carbons (Fsp3) is 0.467. The maximum absolute atomic E-state index is 5.95. The molecule has 0 aliphatic carbocycles. The lowest BCUT2D eigenvalue weighted by Gasteiger charge is -2.23. The maximum Gasteiger partial charge on any atom is 0.127 e. The van der Waals surface area contributed by atoms with Crippen molar-refractivity contribution < 1.29 is 6.16 Å². The molecule has 0 aromatic heterocycles. The van der Waals surface area contributed by atoms with E-state index in [2.05, 4.69) is 37.7 Å². The topological polar surface area (TPSA) is 33.3 Å². The zero-order chi connectivity index (χ0) is 13.6. The molecule has 0 bridgehead atoms. The molecule has 1 aromatic carbocycles. The Bertz CT molecular complexity index is 411. The minimum atomic E-state index is -0.171. The van der Waals surface area contributed by atoms with E-state index in [4.69, 9.17) is 4.74 Å². The van der Waals surface area contributed by atoms with Crippen molar-refractivity contribution in [2.75, 3.05) is 6.54 Å². The SMILES string of the molecule is CC.CC(C)(C)Oc1ccccc1C1=CNNC1.[HH]. The van der Waals surface area contributed by atoms with Crippen LogP contribution in [0.3, 0.4) is 0 Å². The van der Waals surface area contributed by atoms with E-state index in [1.54, 1.807) is 0 Å². The highest BCUT2D eigenvalue weighted by molar-refractivity contribution is 5.72. The van der Waals surface area contributed by atoms with E-state index in [1.165, 1.54) is 5.57 Å². The van der Waals surface area contributed by atoms with Crippen molar-refractivity contribution >= 4 is 5.57 Å². The lowest BCUT2D eigenvalue weighted by molar-refractivity contribution is 0.130. The second-order valence-electron chi connectivity index (χ2n) is 4.88. The van der Waals surface area contributed by atoms with Crippen molar-refractivity contribution in [3.8, 4) is 5.75 Å². The van der Waals surface area contributed by atoms with Gasteiger partial charge in [0.25, 0.3) is 0 Å². The van der Waals surface area contributed by atoms with Crippen molar-refractivity contribution in [1.29, 1.82) is 0 Å². The third kappa shape index (κ3) is 4.08. The number of hydrogen-bond acceptors (Lipinski definition) is 3. The Morgan fingerprint density at radius 3 is 2.39 bits per heavy atom. The number of para-hydroxylation sites is 1. The minimum Gasteiger partial charge on any atom is -0.488 e. The predicted octanol–water partition coefficient (Wildman–Crippen LogP) is 3.58. The van der Waals surface area contributed by atoms with E-state index in [1.807, 2.05) is 38.2 Å². The lowest BCUT2D eigenvalue weighted by Crippen LogP contribution is -2.23. The average molecular weight is 250 g/mol. The standard InChI is InChI=1S/C13H18N2O.C2H6.H2/c1-13(2,3)16-12-7-5-4-6-11(12)10-8-14-15-9-10;1-2;/h4-8,14-15H,9H2,1-3H3;1-2H3;1H. The molecule has 18 heavy (non-hydrogen) atoms. The monoisotopic (exact) mass is 250 g/mol. The van der Waals surface area contributed by atoms with Crippen molar-refractivity contribution in [1.82, 2.24) is 10.9 Å². The lowest BCUT2D eigenvalue weighted by atomic mass is 10.1. The molecular weight excluding hydrogens is 224 g/mol. The molecule has 0 spiro atoms. The van der Waals surface area contributed by atoms with Crippen LogP contribution in [0, 0.1) is 0 Å². The highest BCUT2D eigenvalue weighted by atomic mass is 16.5. The zero-order valence-electron chi connectivity index (χ0n) is 12.0. The van der Waals surface area contributed by atoms with Gasteiger partial charge in [-0.15, -0.1) is 0 Å². The molecule has 3 heteroatoms. The summed E-state index contributed by atoms with van der Waals surface area (Å²) in [5.74, 6) is 0.937. The molecule has 3 nitrogen and oxygen atoms in total. The van der Waals surface area contributed by atoms with Crippen LogP contribution in [0.15, 0.2) is 30.5 Å². The van der Waals surface area contributed by atoms with Gasteiger partial charge >= 0.3 is 0 Å². The molecule has 0 amide bonds. The van der Waals surface area contributed by atoms with E-state index in [0.717, 1.165) is 17.9 Å². The Morgan fingerprint density at radius 2 is 1.83 bits per heavy atom. The third-order valence-corrected chi connectivity index (χ3v) is 2.28. The molecule has 2 rings (SSSR count). The van der Waals surface area contributed by atoms with Crippen LogP contribution >= 0.6 is 0 Å². The van der Waals surface area contributed by atoms with Gasteiger partial charge in [0.2, 0.25) is 0 Å². The van der Waals surface area contributed by atoms with Gasteiger partial charge in [0.1, 0.15) is 11.4 Å². The number of benzene rings is 1. The molecule has 0 unspecified atom stereocenters. The highest BCUT2D eigenvalue weighted by Gasteiger charge is 2.17. The van der Waals surface area contributed by atoms with Gasteiger partial charge in [-0.3, -0.25) is 0 Å². The first-order valence-corrected chi connectivity index (χ1v) is 6.52. The van der Waals surface area contributed by atoms with Gasteiger partial charge in [-0.05, 0) is 32.4 Å². The van der Waals surface area contributed by atoms with Crippen LogP contribution in [0.5, 0.6) is 5.75 Å². The summed E-state index contributed by atoms with van der Waals surface area (Å²) >= 11 is 0. The molecule has 1 aromatic rings. The summed E-state index contributed by atoms with van der Waals surface area (Å²) in [6.45, 7) is 11.0. The fourth-order valence-corrected chi connectivity index (χ4v) is 1.66. The quantitative estimate of drug-likeness (QED) is 0.841. The van der Waals surface area contributed by atoms with E-state index in [0.29, 0.717) is 0 Å². The number of ether oxygens (including phenoxy) is 1. The molecular formula is C15H26N2O. The second-order valence-corrected chi connectivity index (χ2v) is 4.88. The second kappa shape index (κ2) is 6.45. The van der Waals surface area contributed by atoms with Gasteiger partial charge in [0.15, 0.2) is 0 Å². The van der Waals surface area contributed by atoms with Crippen molar-refractivity contribution in [3.05, 3.63) is 36.0 Å². The summed E-state index contributed by atoms with van der Waals surface area (Å²) in [6, 6.07) is 8.13. The summed E-state index contributed by atoms with van der Waals surface area (Å²) in [4.78, 5) is 0. The first-order chi connectivity index (χ1) is 8.56. The van der Waals surface area contributed by atoms with Crippen molar-refractivity contribution in [3.63, 3.8) is 0 Å². The summed E-state index contributed by atoms with van der Waals surface area (Å²) < 4.78 is 5.95. The first kappa shape index (κ1) is 14.6. The molecule has 0 saturated heterocycles. The average Bonchev–Trinajstić information content (AvgIpc) is 2.84. The molecule has 1 aliphatic rings. The molecule has 0 atom stereocenters. The predicted molar refractivity (Wildman–Crippen MR) is 79.4 cm³/mol. The van der Waals surface area contributed by atoms with Crippen LogP contribution in [0.2, 0.25) is 0 Å². The number of hydrazine groups is 1. The number of rotatable bonds is 2. The van der Waals surface area contributed by atoms with Gasteiger partial charge in [0.05, 0.1) is 0 Å². The van der Waals surface area contributed by atoms with Crippen LogP contribution in [0.1, 0.15) is 41.6 Å².